The maximum absolute atomic E-state index is 11.0. The Hall–Kier alpha value is -2.70. The molecule has 0 atom stereocenters. The van der Waals surface area contributed by atoms with Gasteiger partial charge in [0.05, 0.1) is 17.1 Å². The van der Waals surface area contributed by atoms with Crippen LogP contribution in [0.4, 0.5) is 17.3 Å². The highest BCUT2D eigenvalue weighted by atomic mass is 16.6. The topological polar surface area (TPSA) is 93.0 Å². The lowest BCUT2D eigenvalue weighted by Crippen LogP contribution is -2.06. The number of aromatic nitrogens is 2. The molecule has 2 aromatic rings. The number of aryl methyl sites for hydroxylation is 1. The Kier molecular flexibility index (Phi) is 4.65. The van der Waals surface area contributed by atoms with Crippen LogP contribution >= 0.6 is 0 Å². The van der Waals surface area contributed by atoms with Crippen LogP contribution in [0.1, 0.15) is 18.1 Å². The molecular formula is C14H17N5O2. The van der Waals surface area contributed by atoms with Crippen molar-refractivity contribution in [2.24, 2.45) is 0 Å². The van der Waals surface area contributed by atoms with E-state index in [9.17, 15) is 10.1 Å². The van der Waals surface area contributed by atoms with E-state index in [1.54, 1.807) is 12.4 Å². The van der Waals surface area contributed by atoms with Crippen molar-refractivity contribution in [3.63, 3.8) is 0 Å². The van der Waals surface area contributed by atoms with Crippen LogP contribution in [0.25, 0.3) is 0 Å². The molecule has 0 saturated carbocycles. The Labute approximate surface area is 122 Å². The van der Waals surface area contributed by atoms with E-state index in [2.05, 4.69) is 20.6 Å². The van der Waals surface area contributed by atoms with Gasteiger partial charge in [-0.15, -0.1) is 0 Å². The maximum atomic E-state index is 11.0. The van der Waals surface area contributed by atoms with E-state index in [0.29, 0.717) is 24.7 Å². The molecule has 0 radical (unpaired) electrons. The van der Waals surface area contributed by atoms with Crippen LogP contribution in [0.5, 0.6) is 0 Å². The second-order valence-corrected chi connectivity index (χ2v) is 4.54. The van der Waals surface area contributed by atoms with Crippen LogP contribution in [-0.4, -0.2) is 21.4 Å². The lowest BCUT2D eigenvalue weighted by atomic mass is 10.1. The van der Waals surface area contributed by atoms with Crippen LogP contribution in [0, 0.1) is 17.0 Å². The minimum Gasteiger partial charge on any atom is -0.370 e. The monoisotopic (exact) mass is 287 g/mol. The first-order valence-corrected chi connectivity index (χ1v) is 6.64. The van der Waals surface area contributed by atoms with Crippen molar-refractivity contribution in [3.05, 3.63) is 51.8 Å². The summed E-state index contributed by atoms with van der Waals surface area (Å²) in [6.07, 6.45) is 3.50. The van der Waals surface area contributed by atoms with Crippen LogP contribution in [0.15, 0.2) is 30.6 Å². The molecule has 0 fully saturated rings. The summed E-state index contributed by atoms with van der Waals surface area (Å²) in [6.45, 7) is 5.06. The second kappa shape index (κ2) is 6.65. The second-order valence-electron chi connectivity index (χ2n) is 4.54. The Bertz CT molecular complexity index is 645. The van der Waals surface area contributed by atoms with E-state index in [-0.39, 0.29) is 5.69 Å². The van der Waals surface area contributed by atoms with Crippen LogP contribution in [-0.2, 0) is 6.54 Å². The predicted octanol–water partition coefficient (Wildman–Crippen LogP) is 2.74. The third kappa shape index (κ3) is 3.88. The van der Waals surface area contributed by atoms with Gasteiger partial charge in [-0.3, -0.25) is 15.1 Å². The van der Waals surface area contributed by atoms with Crippen molar-refractivity contribution in [2.75, 3.05) is 17.2 Å². The smallest absolute Gasteiger partial charge is 0.276 e. The van der Waals surface area contributed by atoms with Gasteiger partial charge in [-0.1, -0.05) is 0 Å². The molecule has 0 aromatic carbocycles. The summed E-state index contributed by atoms with van der Waals surface area (Å²) in [4.78, 5) is 18.9. The highest BCUT2D eigenvalue weighted by Crippen LogP contribution is 2.21. The molecule has 0 spiro atoms. The van der Waals surface area contributed by atoms with Gasteiger partial charge in [0.2, 0.25) is 0 Å². The van der Waals surface area contributed by atoms with Crippen molar-refractivity contribution in [1.82, 2.24) is 9.97 Å². The summed E-state index contributed by atoms with van der Waals surface area (Å²) < 4.78 is 0. The van der Waals surface area contributed by atoms with Crippen LogP contribution in [0.3, 0.4) is 0 Å². The first kappa shape index (κ1) is 14.7. The zero-order chi connectivity index (χ0) is 15.2. The third-order valence-electron chi connectivity index (χ3n) is 2.98. The molecule has 0 saturated heterocycles. The van der Waals surface area contributed by atoms with Gasteiger partial charge in [0.1, 0.15) is 11.6 Å². The summed E-state index contributed by atoms with van der Waals surface area (Å²) in [5, 5.41) is 17.1. The molecule has 0 unspecified atom stereocenters. The lowest BCUT2D eigenvalue weighted by Gasteiger charge is -2.10. The Morgan fingerprint density at radius 1 is 1.29 bits per heavy atom. The summed E-state index contributed by atoms with van der Waals surface area (Å²) in [5.41, 5.74) is 2.14. The summed E-state index contributed by atoms with van der Waals surface area (Å²) in [5.74, 6) is 0.956. The molecule has 2 aromatic heterocycles. The normalized spacial score (nSPS) is 10.2. The molecule has 2 N–H and O–H groups in total. The molecule has 0 aliphatic rings. The summed E-state index contributed by atoms with van der Waals surface area (Å²) in [7, 11) is 0. The van der Waals surface area contributed by atoms with Gasteiger partial charge >= 0.3 is 0 Å². The zero-order valence-electron chi connectivity index (χ0n) is 12.0. The predicted molar refractivity (Wildman–Crippen MR) is 81.4 cm³/mol. The first-order valence-electron chi connectivity index (χ1n) is 6.64. The van der Waals surface area contributed by atoms with Gasteiger partial charge in [0.15, 0.2) is 0 Å². The molecule has 21 heavy (non-hydrogen) atoms. The summed E-state index contributed by atoms with van der Waals surface area (Å²) >= 11 is 0. The minimum absolute atomic E-state index is 0.00917. The molecule has 0 aliphatic heterocycles. The molecule has 7 heteroatoms. The quantitative estimate of drug-likeness (QED) is 0.627. The fraction of sp³-hybridized carbons (Fsp3) is 0.286. The molecule has 0 amide bonds. The number of pyridine rings is 2. The minimum atomic E-state index is -0.425. The molecule has 110 valence electrons. The standard InChI is InChI=1S/C14H17N5O2/c1-3-16-13-6-12(19(20)21)7-14(18-13)17-9-11-4-5-15-8-10(11)2/h4-8H,3,9H2,1-2H3,(H2,16,17,18). The zero-order valence-corrected chi connectivity index (χ0v) is 12.0. The van der Waals surface area contributed by atoms with Crippen LogP contribution in [0.2, 0.25) is 0 Å². The van der Waals surface area contributed by atoms with Crippen LogP contribution < -0.4 is 10.6 Å². The van der Waals surface area contributed by atoms with Gasteiger partial charge in [-0.2, -0.15) is 0 Å². The van der Waals surface area contributed by atoms with E-state index in [0.717, 1.165) is 11.1 Å². The number of nitrogens with zero attached hydrogens (tertiary/aromatic N) is 3. The van der Waals surface area contributed by atoms with E-state index >= 15 is 0 Å². The van der Waals surface area contributed by atoms with E-state index in [4.69, 9.17) is 0 Å². The number of nitrogens with one attached hydrogen (secondary N) is 2. The SMILES string of the molecule is CCNc1cc([N+](=O)[O-])cc(NCc2ccncc2C)n1. The number of rotatable bonds is 6. The van der Waals surface area contributed by atoms with E-state index in [1.165, 1.54) is 12.1 Å². The molecule has 0 bridgehead atoms. The fourth-order valence-corrected chi connectivity index (χ4v) is 1.87. The number of hydrogen-bond donors (Lipinski definition) is 2. The number of anilines is 2. The van der Waals surface area contributed by atoms with Gasteiger partial charge in [0.25, 0.3) is 5.69 Å². The average molecular weight is 287 g/mol. The lowest BCUT2D eigenvalue weighted by molar-refractivity contribution is -0.384. The maximum Gasteiger partial charge on any atom is 0.276 e. The molecule has 2 rings (SSSR count). The van der Waals surface area contributed by atoms with Crippen molar-refractivity contribution in [2.45, 2.75) is 20.4 Å². The molecule has 0 aliphatic carbocycles. The Morgan fingerprint density at radius 3 is 2.62 bits per heavy atom. The molecule has 7 nitrogen and oxygen atoms in total. The van der Waals surface area contributed by atoms with Crippen molar-refractivity contribution >= 4 is 17.3 Å². The summed E-state index contributed by atoms with van der Waals surface area (Å²) in [6, 6.07) is 4.76. The van der Waals surface area contributed by atoms with Gasteiger partial charge in [-0.05, 0) is 31.0 Å². The van der Waals surface area contributed by atoms with E-state index < -0.39 is 4.92 Å². The largest absolute Gasteiger partial charge is 0.370 e. The highest BCUT2D eigenvalue weighted by Gasteiger charge is 2.11. The first-order chi connectivity index (χ1) is 10.1. The average Bonchev–Trinajstić information content (AvgIpc) is 2.46. The van der Waals surface area contributed by atoms with E-state index in [1.807, 2.05) is 19.9 Å². The molecule has 2 heterocycles. The number of nitro groups is 1. The molecular weight excluding hydrogens is 270 g/mol. The number of hydrogen-bond acceptors (Lipinski definition) is 6. The van der Waals surface area contributed by atoms with Crippen molar-refractivity contribution in [3.8, 4) is 0 Å². The van der Waals surface area contributed by atoms with Gasteiger partial charge in [-0.25, -0.2) is 4.98 Å². The van der Waals surface area contributed by atoms with Gasteiger partial charge < -0.3 is 10.6 Å². The Morgan fingerprint density at radius 2 is 2.00 bits per heavy atom. The highest BCUT2D eigenvalue weighted by molar-refractivity contribution is 5.54. The third-order valence-corrected chi connectivity index (χ3v) is 2.98. The Balaban J connectivity index is 2.19. The van der Waals surface area contributed by atoms with Crippen molar-refractivity contribution < 1.29 is 4.92 Å². The fourth-order valence-electron chi connectivity index (χ4n) is 1.87. The van der Waals surface area contributed by atoms with Crippen molar-refractivity contribution in [1.29, 1.82) is 0 Å². The van der Waals surface area contributed by atoms with Gasteiger partial charge in [0, 0.05) is 25.5 Å².